The molecule has 0 fully saturated rings. The van der Waals surface area contributed by atoms with Crippen molar-refractivity contribution >= 4 is 33.8 Å². The molecule has 1 aromatic rings. The Kier molecular flexibility index (Phi) is 5.38. The summed E-state index contributed by atoms with van der Waals surface area (Å²) in [7, 11) is 4.85. The van der Waals surface area contributed by atoms with Gasteiger partial charge in [0.2, 0.25) is 0 Å². The van der Waals surface area contributed by atoms with E-state index in [-0.39, 0.29) is 17.5 Å². The van der Waals surface area contributed by atoms with E-state index in [1.165, 1.54) is 16.2 Å². The summed E-state index contributed by atoms with van der Waals surface area (Å²) >= 11 is 1.22. The summed E-state index contributed by atoms with van der Waals surface area (Å²) in [5, 5.41) is 6.38. The van der Waals surface area contributed by atoms with E-state index < -0.39 is 0 Å². The first-order valence-corrected chi connectivity index (χ1v) is 7.21. The molecule has 0 aliphatic heterocycles. The first-order valence-electron chi connectivity index (χ1n) is 6.39. The van der Waals surface area contributed by atoms with Gasteiger partial charge in [-0.05, 0) is 5.92 Å². The second kappa shape index (κ2) is 6.60. The fraction of sp³-hybridized carbons (Fsp3) is 0.538. The molecule has 0 spiro atoms. The molecule has 4 N–H and O–H groups in total. The molecule has 2 amide bonds. The number of nitrogen functional groups attached to an aromatic ring is 1. The van der Waals surface area contributed by atoms with Crippen molar-refractivity contribution < 1.29 is 9.59 Å². The molecular formula is C13H22N4O2S. The average Bonchev–Trinajstić information content (AvgIpc) is 2.71. The van der Waals surface area contributed by atoms with Crippen LogP contribution in [0.1, 0.15) is 33.9 Å². The molecule has 112 valence electrons. The Labute approximate surface area is 123 Å². The minimum absolute atomic E-state index is 0.199. The monoisotopic (exact) mass is 298 g/mol. The van der Waals surface area contributed by atoms with E-state index in [9.17, 15) is 9.59 Å². The molecule has 20 heavy (non-hydrogen) atoms. The van der Waals surface area contributed by atoms with E-state index in [2.05, 4.69) is 24.5 Å². The second-order valence-corrected chi connectivity index (χ2v) is 6.12. The molecule has 0 atom stereocenters. The summed E-state index contributed by atoms with van der Waals surface area (Å²) in [6, 6.07) is 0. The quantitative estimate of drug-likeness (QED) is 0.768. The van der Waals surface area contributed by atoms with Crippen LogP contribution in [0.5, 0.6) is 0 Å². The Hall–Kier alpha value is -1.76. The lowest BCUT2D eigenvalue weighted by molar-refractivity contribution is 0.0833. The molecule has 1 heterocycles. The Morgan fingerprint density at radius 1 is 1.35 bits per heavy atom. The number of rotatable bonds is 5. The SMILES string of the molecule is CNC(=O)c1c(NCC(C)C)sc(C(=O)N(C)C)c1N. The predicted molar refractivity (Wildman–Crippen MR) is 83.5 cm³/mol. The van der Waals surface area contributed by atoms with E-state index in [0.29, 0.717) is 27.9 Å². The van der Waals surface area contributed by atoms with Gasteiger partial charge in [-0.15, -0.1) is 11.3 Å². The maximum Gasteiger partial charge on any atom is 0.265 e. The van der Waals surface area contributed by atoms with Crippen molar-refractivity contribution in [1.29, 1.82) is 0 Å². The van der Waals surface area contributed by atoms with Crippen LogP contribution >= 0.6 is 11.3 Å². The molecule has 0 saturated carbocycles. The van der Waals surface area contributed by atoms with Gasteiger partial charge in [0, 0.05) is 27.7 Å². The zero-order chi connectivity index (χ0) is 15.4. The van der Waals surface area contributed by atoms with Crippen molar-refractivity contribution in [2.24, 2.45) is 5.92 Å². The number of anilines is 2. The zero-order valence-electron chi connectivity index (χ0n) is 12.5. The molecule has 6 nitrogen and oxygen atoms in total. The molecule has 0 bridgehead atoms. The maximum atomic E-state index is 12.1. The van der Waals surface area contributed by atoms with Crippen LogP contribution in [0.4, 0.5) is 10.7 Å². The van der Waals surface area contributed by atoms with Gasteiger partial charge in [0.1, 0.15) is 9.88 Å². The van der Waals surface area contributed by atoms with Gasteiger partial charge in [0.05, 0.1) is 11.3 Å². The Bertz CT molecular complexity index is 509. The third-order valence-corrected chi connectivity index (χ3v) is 3.82. The lowest BCUT2D eigenvalue weighted by Crippen LogP contribution is -2.23. The fourth-order valence-electron chi connectivity index (χ4n) is 1.58. The highest BCUT2D eigenvalue weighted by molar-refractivity contribution is 7.19. The summed E-state index contributed by atoms with van der Waals surface area (Å²) in [4.78, 5) is 25.9. The second-order valence-electron chi connectivity index (χ2n) is 5.10. The largest absolute Gasteiger partial charge is 0.397 e. The number of amides is 2. The summed E-state index contributed by atoms with van der Waals surface area (Å²) in [5.41, 5.74) is 6.57. The van der Waals surface area contributed by atoms with Crippen LogP contribution in [-0.2, 0) is 0 Å². The number of nitrogens with one attached hydrogen (secondary N) is 2. The number of hydrogen-bond donors (Lipinski definition) is 3. The van der Waals surface area contributed by atoms with Crippen molar-refractivity contribution in [2.75, 3.05) is 38.7 Å². The van der Waals surface area contributed by atoms with Crippen LogP contribution in [0.3, 0.4) is 0 Å². The number of carbonyl (C=O) groups excluding carboxylic acids is 2. The Balaban J connectivity index is 3.24. The number of carbonyl (C=O) groups is 2. The van der Waals surface area contributed by atoms with Crippen LogP contribution < -0.4 is 16.4 Å². The van der Waals surface area contributed by atoms with Crippen molar-refractivity contribution in [1.82, 2.24) is 10.2 Å². The summed E-state index contributed by atoms with van der Waals surface area (Å²) < 4.78 is 0. The number of hydrogen-bond acceptors (Lipinski definition) is 5. The topological polar surface area (TPSA) is 87.5 Å². The third kappa shape index (κ3) is 3.41. The first-order chi connectivity index (χ1) is 9.29. The zero-order valence-corrected chi connectivity index (χ0v) is 13.4. The predicted octanol–water partition coefficient (Wildman–Crippen LogP) is 1.46. The van der Waals surface area contributed by atoms with Gasteiger partial charge in [0.15, 0.2) is 0 Å². The molecule has 7 heteroatoms. The van der Waals surface area contributed by atoms with Crippen molar-refractivity contribution in [3.63, 3.8) is 0 Å². The van der Waals surface area contributed by atoms with Gasteiger partial charge in [0.25, 0.3) is 11.8 Å². The van der Waals surface area contributed by atoms with Crippen LogP contribution in [0.2, 0.25) is 0 Å². The molecular weight excluding hydrogens is 276 g/mol. The minimum Gasteiger partial charge on any atom is -0.397 e. The number of thiophene rings is 1. The van der Waals surface area contributed by atoms with Crippen LogP contribution in [-0.4, -0.2) is 44.4 Å². The van der Waals surface area contributed by atoms with Crippen molar-refractivity contribution in [3.8, 4) is 0 Å². The molecule has 1 rings (SSSR count). The van der Waals surface area contributed by atoms with Gasteiger partial charge in [-0.1, -0.05) is 13.8 Å². The summed E-state index contributed by atoms with van der Waals surface area (Å²) in [6.07, 6.45) is 0. The summed E-state index contributed by atoms with van der Waals surface area (Å²) in [6.45, 7) is 4.84. The lowest BCUT2D eigenvalue weighted by Gasteiger charge is -2.09. The highest BCUT2D eigenvalue weighted by atomic mass is 32.1. The molecule has 0 unspecified atom stereocenters. The standard InChI is InChI=1S/C13H22N4O2S/c1-7(2)6-16-12-8(11(18)15-3)9(14)10(20-12)13(19)17(4)5/h7,16H,6,14H2,1-5H3,(H,15,18). The van der Waals surface area contributed by atoms with Gasteiger partial charge >= 0.3 is 0 Å². The molecule has 0 radical (unpaired) electrons. The van der Waals surface area contributed by atoms with Crippen LogP contribution in [0.25, 0.3) is 0 Å². The van der Waals surface area contributed by atoms with Gasteiger partial charge in [-0.2, -0.15) is 0 Å². The number of nitrogens with two attached hydrogens (primary N) is 1. The highest BCUT2D eigenvalue weighted by Gasteiger charge is 2.25. The number of nitrogens with zero attached hydrogens (tertiary/aromatic N) is 1. The third-order valence-electron chi connectivity index (χ3n) is 2.67. The Morgan fingerprint density at radius 3 is 2.40 bits per heavy atom. The van der Waals surface area contributed by atoms with Crippen molar-refractivity contribution in [2.45, 2.75) is 13.8 Å². The van der Waals surface area contributed by atoms with Gasteiger partial charge in [-0.25, -0.2) is 0 Å². The maximum absolute atomic E-state index is 12.1. The van der Waals surface area contributed by atoms with Gasteiger partial charge < -0.3 is 21.3 Å². The molecule has 0 aliphatic rings. The smallest absolute Gasteiger partial charge is 0.265 e. The first kappa shape index (κ1) is 16.3. The van der Waals surface area contributed by atoms with E-state index in [0.717, 1.165) is 0 Å². The van der Waals surface area contributed by atoms with Gasteiger partial charge in [-0.3, -0.25) is 9.59 Å². The molecule has 0 saturated heterocycles. The summed E-state index contributed by atoms with van der Waals surface area (Å²) in [5.74, 6) is -0.0677. The lowest BCUT2D eigenvalue weighted by atomic mass is 10.2. The van der Waals surface area contributed by atoms with E-state index in [1.54, 1.807) is 21.1 Å². The van der Waals surface area contributed by atoms with Crippen LogP contribution in [0.15, 0.2) is 0 Å². The van der Waals surface area contributed by atoms with E-state index in [4.69, 9.17) is 5.73 Å². The molecule has 1 aromatic heterocycles. The fourth-order valence-corrected chi connectivity index (χ4v) is 2.72. The molecule has 0 aromatic carbocycles. The van der Waals surface area contributed by atoms with E-state index in [1.807, 2.05) is 0 Å². The highest BCUT2D eigenvalue weighted by Crippen LogP contribution is 2.36. The molecule has 0 aliphatic carbocycles. The minimum atomic E-state index is -0.289. The van der Waals surface area contributed by atoms with E-state index >= 15 is 0 Å². The van der Waals surface area contributed by atoms with Crippen molar-refractivity contribution in [3.05, 3.63) is 10.4 Å². The average molecular weight is 298 g/mol. The Morgan fingerprint density at radius 2 is 1.95 bits per heavy atom. The van der Waals surface area contributed by atoms with Crippen LogP contribution in [0, 0.1) is 5.92 Å². The normalized spacial score (nSPS) is 10.5.